The molecule has 8 aromatic heterocycles. The minimum absolute atomic E-state index is 0.0114. The normalized spacial score (nSPS) is 15.5. The quantitative estimate of drug-likeness (QED) is 0.0450. The van der Waals surface area contributed by atoms with Gasteiger partial charge in [0.25, 0.3) is 41.4 Å². The zero-order valence-corrected chi connectivity index (χ0v) is 49.0. The number of amides is 8. The van der Waals surface area contributed by atoms with Crippen molar-refractivity contribution in [1.29, 1.82) is 0 Å². The SMILES string of the molecule is COC(=O)c1c(C)[nH]c2c1[C@@]13C[C@@H]1CN(C(=O)/C=C/c1cc(NC(=O)c4cc(NC(=O)c5nc(NC(=O)CCNC(=O)c6cc(NC(=O)c7cc(NC(=O)c8nc(NC(=O)c9nccn9C)cn8C)cn7C)cn6C)cn5C)cn4C)cn1C)C3=CC2=O. The molecule has 88 heavy (non-hydrogen) atoms. The molecule has 2 aliphatic carbocycles. The highest BCUT2D eigenvalue weighted by Gasteiger charge is 2.68. The summed E-state index contributed by atoms with van der Waals surface area (Å²) in [5.41, 5.74) is 4.18. The van der Waals surface area contributed by atoms with Gasteiger partial charge in [0.1, 0.15) is 17.1 Å². The summed E-state index contributed by atoms with van der Waals surface area (Å²) in [6.45, 7) is 2.02. The summed E-state index contributed by atoms with van der Waals surface area (Å²) in [6, 6.07) is 6.09. The Bertz CT molecular complexity index is 4370. The molecule has 8 aromatic rings. The van der Waals surface area contributed by atoms with E-state index in [-0.39, 0.29) is 88.1 Å². The van der Waals surface area contributed by atoms with E-state index >= 15 is 0 Å². The monoisotopic (exact) mass is 1200 g/mol. The Morgan fingerprint density at radius 3 is 1.72 bits per heavy atom. The summed E-state index contributed by atoms with van der Waals surface area (Å²) in [5, 5.41) is 19.0. The molecule has 30 heteroatoms. The molecule has 8 N–H and O–H groups in total. The van der Waals surface area contributed by atoms with E-state index in [0.717, 1.165) is 0 Å². The first-order valence-corrected chi connectivity index (χ1v) is 27.3. The Kier molecular flexibility index (Phi) is 14.8. The largest absolute Gasteiger partial charge is 0.465 e. The van der Waals surface area contributed by atoms with Crippen LogP contribution < -0.4 is 37.2 Å². The maximum Gasteiger partial charge on any atom is 0.340 e. The number of aromatic nitrogens is 11. The average Bonchev–Trinajstić information content (AvgIpc) is 1.50. The number of aromatic amines is 1. The highest BCUT2D eigenvalue weighted by molar-refractivity contribution is 6.12. The van der Waals surface area contributed by atoms with Crippen LogP contribution in [-0.2, 0) is 69.1 Å². The van der Waals surface area contributed by atoms with E-state index in [2.05, 4.69) is 57.2 Å². The number of hydrogen-bond acceptors (Lipinski definition) is 14. The molecule has 11 rings (SSSR count). The number of carbonyl (C=O) groups is 10. The Morgan fingerprint density at radius 1 is 0.636 bits per heavy atom. The Morgan fingerprint density at radius 2 is 1.16 bits per heavy atom. The molecule has 1 saturated carbocycles. The lowest BCUT2D eigenvalue weighted by molar-refractivity contribution is -0.124. The number of ketones is 1. The number of allylic oxidation sites excluding steroid dienone is 2. The van der Waals surface area contributed by atoms with E-state index in [0.29, 0.717) is 58.2 Å². The number of imidazole rings is 3. The van der Waals surface area contributed by atoms with Crippen molar-refractivity contribution in [3.8, 4) is 0 Å². The minimum atomic E-state index is -0.636. The first-order chi connectivity index (χ1) is 41.9. The predicted molar refractivity (Wildman–Crippen MR) is 316 cm³/mol. The Balaban J connectivity index is 0.628. The fourth-order valence-electron chi connectivity index (χ4n) is 11.3. The van der Waals surface area contributed by atoms with Crippen molar-refractivity contribution >= 4 is 99.5 Å². The van der Waals surface area contributed by atoms with Gasteiger partial charge >= 0.3 is 5.97 Å². The van der Waals surface area contributed by atoms with Crippen LogP contribution in [0.3, 0.4) is 0 Å². The summed E-state index contributed by atoms with van der Waals surface area (Å²) in [7, 11) is 12.7. The van der Waals surface area contributed by atoms with E-state index in [1.54, 1.807) is 96.5 Å². The number of piperidine rings is 1. The molecule has 9 heterocycles. The standard InChI is InChI=1S/C58H59N19O11/c1-29-45(57(87)88-9)46-47(61-29)39(78)20-40-58(46)21-30(58)22-77(40)44(80)11-10-35-16-31(23-71(35)3)62-52(82)37-18-33(25-73(37)5)64-55(85)49-67-41(27-75(49)7)66-43(79)12-13-60-51(81)36-17-32(24-72(36)4)63-53(83)38-19-34(26-74(38)6)65-56(86)50-68-42(28-76(50)8)69-54(84)48-59-14-15-70(48)2/h10-11,14-20,23-28,30,61H,12-13,21-22H2,1-9H3,(H,60,81)(H,62,82)(H,63,83)(H,64,85)(H,65,86)(H,66,79)(H,69,84)/b11-10+/t30-,58+/m1/s1. The molecule has 2 atom stereocenters. The van der Waals surface area contributed by atoms with E-state index in [4.69, 9.17) is 4.74 Å². The van der Waals surface area contributed by atoms with Crippen LogP contribution in [-0.4, -0.2) is 136 Å². The molecule has 1 saturated heterocycles. The number of aryl methyl sites for hydroxylation is 8. The molecule has 1 aliphatic heterocycles. The number of nitrogens with one attached hydrogen (secondary N) is 8. The van der Waals surface area contributed by atoms with Crippen molar-refractivity contribution < 1.29 is 52.7 Å². The number of carbonyl (C=O) groups excluding carboxylic acids is 10. The van der Waals surface area contributed by atoms with Crippen molar-refractivity contribution in [1.82, 2.24) is 62.1 Å². The van der Waals surface area contributed by atoms with Gasteiger partial charge in [0.15, 0.2) is 17.5 Å². The number of hydrogen-bond donors (Lipinski definition) is 8. The van der Waals surface area contributed by atoms with Gasteiger partial charge in [-0.2, -0.15) is 0 Å². The van der Waals surface area contributed by atoms with Crippen molar-refractivity contribution in [2.45, 2.75) is 25.2 Å². The smallest absolute Gasteiger partial charge is 0.340 e. The zero-order valence-electron chi connectivity index (χ0n) is 49.0. The number of fused-ring (bicyclic) bond motifs is 1. The molecule has 0 aromatic carbocycles. The van der Waals surface area contributed by atoms with Crippen LogP contribution in [0.1, 0.15) is 114 Å². The second-order valence-electron chi connectivity index (χ2n) is 21.7. The molecule has 3 aliphatic rings. The van der Waals surface area contributed by atoms with E-state index in [9.17, 15) is 47.9 Å². The summed E-state index contributed by atoms with van der Waals surface area (Å²) in [4.78, 5) is 149. The van der Waals surface area contributed by atoms with Crippen molar-refractivity contribution in [3.05, 3.63) is 154 Å². The fraction of sp³-hybridized carbons (Fsp3) is 0.259. The highest BCUT2D eigenvalue weighted by atomic mass is 16.5. The highest BCUT2D eigenvalue weighted by Crippen LogP contribution is 2.67. The van der Waals surface area contributed by atoms with Gasteiger partial charge in [-0.15, -0.1) is 0 Å². The molecular formula is C58H59N19O11. The lowest BCUT2D eigenvalue weighted by atomic mass is 9.82. The number of rotatable bonds is 18. The van der Waals surface area contributed by atoms with E-state index in [1.165, 1.54) is 95.8 Å². The van der Waals surface area contributed by atoms with Crippen LogP contribution in [0.5, 0.6) is 0 Å². The van der Waals surface area contributed by atoms with Crippen LogP contribution in [0.15, 0.2) is 91.7 Å². The van der Waals surface area contributed by atoms with Crippen molar-refractivity contribution in [2.75, 3.05) is 52.1 Å². The zero-order chi connectivity index (χ0) is 62.8. The molecule has 30 nitrogen and oxygen atoms in total. The number of H-pyrrole nitrogens is 1. The van der Waals surface area contributed by atoms with Gasteiger partial charge in [0, 0.05) is 159 Å². The first kappa shape index (κ1) is 58.2. The van der Waals surface area contributed by atoms with Crippen LogP contribution >= 0.6 is 0 Å². The minimum Gasteiger partial charge on any atom is -0.465 e. The summed E-state index contributed by atoms with van der Waals surface area (Å²) < 4.78 is 15.7. The third-order valence-corrected chi connectivity index (χ3v) is 15.6. The van der Waals surface area contributed by atoms with Gasteiger partial charge in [-0.05, 0) is 49.6 Å². The van der Waals surface area contributed by atoms with Gasteiger partial charge in [-0.1, -0.05) is 0 Å². The molecule has 452 valence electrons. The van der Waals surface area contributed by atoms with E-state index in [1.807, 2.05) is 0 Å². The van der Waals surface area contributed by atoms with Gasteiger partial charge in [-0.25, -0.2) is 19.7 Å². The number of anilines is 6. The molecule has 0 radical (unpaired) electrons. The summed E-state index contributed by atoms with van der Waals surface area (Å²) in [6.07, 6.45) is 17.3. The molecule has 0 unspecified atom stereocenters. The van der Waals surface area contributed by atoms with Gasteiger partial charge < -0.3 is 83.8 Å². The van der Waals surface area contributed by atoms with Crippen LogP contribution in [0.2, 0.25) is 0 Å². The molecule has 8 amide bonds. The van der Waals surface area contributed by atoms with Crippen LogP contribution in [0, 0.1) is 12.8 Å². The Labute approximate surface area is 499 Å². The topological polar surface area (TPSA) is 356 Å². The van der Waals surface area contributed by atoms with Gasteiger partial charge in [-0.3, -0.25) is 43.2 Å². The van der Waals surface area contributed by atoms with Crippen LogP contribution in [0.4, 0.5) is 34.4 Å². The molecular weight excluding hydrogens is 1140 g/mol. The van der Waals surface area contributed by atoms with Crippen LogP contribution in [0.25, 0.3) is 6.08 Å². The second kappa shape index (κ2) is 22.4. The maximum atomic E-state index is 13.7. The number of nitrogens with zero attached hydrogens (tertiary/aromatic N) is 11. The molecule has 0 bridgehead atoms. The molecule has 1 spiro atoms. The number of likely N-dealkylation sites (tertiary alicyclic amines) is 1. The third kappa shape index (κ3) is 10.8. The third-order valence-electron chi connectivity index (χ3n) is 15.6. The Hall–Kier alpha value is -11.6. The number of methoxy groups -OCH3 is 1. The van der Waals surface area contributed by atoms with Gasteiger partial charge in [0.05, 0.1) is 41.1 Å². The number of esters is 1. The fourth-order valence-corrected chi connectivity index (χ4v) is 11.3. The van der Waals surface area contributed by atoms with E-state index < -0.39 is 52.7 Å². The first-order valence-electron chi connectivity index (χ1n) is 27.3. The number of ether oxygens (including phenoxy) is 1. The summed E-state index contributed by atoms with van der Waals surface area (Å²) >= 11 is 0. The second-order valence-corrected chi connectivity index (χ2v) is 21.7. The lowest BCUT2D eigenvalue weighted by Crippen LogP contribution is -2.33. The maximum absolute atomic E-state index is 13.7. The molecule has 2 fully saturated rings. The average molecular weight is 1200 g/mol. The van der Waals surface area contributed by atoms with Crippen molar-refractivity contribution in [3.63, 3.8) is 0 Å². The predicted octanol–water partition coefficient (Wildman–Crippen LogP) is 3.58. The lowest BCUT2D eigenvalue weighted by Gasteiger charge is -2.27. The summed E-state index contributed by atoms with van der Waals surface area (Å²) in [5.74, 6) is -4.70. The van der Waals surface area contributed by atoms with Gasteiger partial charge in [0.2, 0.25) is 23.3 Å². The van der Waals surface area contributed by atoms with Crippen molar-refractivity contribution in [2.24, 2.45) is 55.3 Å².